The maximum atomic E-state index is 11.8. The van der Waals surface area contributed by atoms with Crippen molar-refractivity contribution in [3.63, 3.8) is 0 Å². The molecule has 1 aromatic carbocycles. The Labute approximate surface area is 112 Å². The topological polar surface area (TPSA) is 78.8 Å². The first-order chi connectivity index (χ1) is 8.99. The molecule has 0 aromatic heterocycles. The largest absolute Gasteiger partial charge is 0.508 e. The summed E-state index contributed by atoms with van der Waals surface area (Å²) in [4.78, 5) is 11.8. The van der Waals surface area contributed by atoms with Crippen molar-refractivity contribution in [3.8, 4) is 5.75 Å². The monoisotopic (exact) mass is 265 g/mol. The van der Waals surface area contributed by atoms with Crippen LogP contribution in [0.25, 0.3) is 0 Å². The highest BCUT2D eigenvalue weighted by Gasteiger charge is 2.39. The molecule has 0 radical (unpaired) electrons. The van der Waals surface area contributed by atoms with E-state index in [0.717, 1.165) is 5.56 Å². The molecule has 5 heteroatoms. The van der Waals surface area contributed by atoms with Crippen molar-refractivity contribution in [3.05, 3.63) is 29.8 Å². The van der Waals surface area contributed by atoms with E-state index in [1.807, 2.05) is 0 Å². The van der Waals surface area contributed by atoms with Gasteiger partial charge in [0.15, 0.2) is 0 Å². The minimum atomic E-state index is -0.968. The highest BCUT2D eigenvalue weighted by molar-refractivity contribution is 5.78. The summed E-state index contributed by atoms with van der Waals surface area (Å²) < 4.78 is 5.30. The van der Waals surface area contributed by atoms with Crippen LogP contribution in [-0.2, 0) is 16.0 Å². The van der Waals surface area contributed by atoms with E-state index in [9.17, 15) is 9.90 Å². The van der Waals surface area contributed by atoms with Gasteiger partial charge in [0.05, 0.1) is 12.5 Å². The van der Waals surface area contributed by atoms with Gasteiger partial charge < -0.3 is 20.3 Å². The lowest BCUT2D eigenvalue weighted by molar-refractivity contribution is -0.122. The lowest BCUT2D eigenvalue weighted by Crippen LogP contribution is -2.47. The average Bonchev–Trinajstić information content (AvgIpc) is 2.71. The number of phenolic OH excluding ortho intramolecular Hbond substituents is 1. The van der Waals surface area contributed by atoms with Gasteiger partial charge in [0, 0.05) is 19.6 Å². The standard InChI is InChI=1S/C14H19NO4/c1-10-14(18,6-7-19-10)9-15-13(17)8-11-2-4-12(16)5-3-11/h2-5,10,16,18H,6-9H2,1H3,(H,15,17). The van der Waals surface area contributed by atoms with E-state index in [1.165, 1.54) is 0 Å². The zero-order valence-corrected chi connectivity index (χ0v) is 10.9. The smallest absolute Gasteiger partial charge is 0.224 e. The number of ether oxygens (including phenoxy) is 1. The molecule has 2 atom stereocenters. The third-order valence-corrected chi connectivity index (χ3v) is 3.55. The van der Waals surface area contributed by atoms with Crippen molar-refractivity contribution < 1.29 is 19.7 Å². The van der Waals surface area contributed by atoms with E-state index < -0.39 is 5.60 Å². The van der Waals surface area contributed by atoms with Gasteiger partial charge in [0.2, 0.25) is 5.91 Å². The van der Waals surface area contributed by atoms with E-state index >= 15 is 0 Å². The van der Waals surface area contributed by atoms with Crippen LogP contribution in [0.1, 0.15) is 18.9 Å². The van der Waals surface area contributed by atoms with Crippen molar-refractivity contribution >= 4 is 5.91 Å². The lowest BCUT2D eigenvalue weighted by Gasteiger charge is -2.26. The van der Waals surface area contributed by atoms with Crippen LogP contribution < -0.4 is 5.32 Å². The van der Waals surface area contributed by atoms with E-state index in [1.54, 1.807) is 31.2 Å². The number of amides is 1. The first kappa shape index (κ1) is 13.8. The summed E-state index contributed by atoms with van der Waals surface area (Å²) in [6, 6.07) is 6.49. The molecule has 0 aliphatic carbocycles. The zero-order valence-electron chi connectivity index (χ0n) is 10.9. The Morgan fingerprint density at radius 2 is 2.16 bits per heavy atom. The first-order valence-corrected chi connectivity index (χ1v) is 6.38. The highest BCUT2D eigenvalue weighted by atomic mass is 16.5. The number of phenols is 1. The van der Waals surface area contributed by atoms with Crippen LogP contribution in [-0.4, -0.2) is 41.0 Å². The molecule has 0 spiro atoms. The first-order valence-electron chi connectivity index (χ1n) is 6.38. The second-order valence-electron chi connectivity index (χ2n) is 4.99. The Bertz CT molecular complexity index is 445. The zero-order chi connectivity index (χ0) is 13.9. The summed E-state index contributed by atoms with van der Waals surface area (Å²) in [5.74, 6) is 0.0219. The van der Waals surface area contributed by atoms with Crippen molar-refractivity contribution in [1.29, 1.82) is 0 Å². The van der Waals surface area contributed by atoms with Crippen LogP contribution in [0.3, 0.4) is 0 Å². The molecular weight excluding hydrogens is 246 g/mol. The molecule has 2 unspecified atom stereocenters. The number of carbonyl (C=O) groups is 1. The van der Waals surface area contributed by atoms with Gasteiger partial charge in [-0.05, 0) is 24.6 Å². The van der Waals surface area contributed by atoms with Gasteiger partial charge >= 0.3 is 0 Å². The second-order valence-corrected chi connectivity index (χ2v) is 4.99. The fourth-order valence-electron chi connectivity index (χ4n) is 2.12. The lowest BCUT2D eigenvalue weighted by atomic mass is 9.96. The third kappa shape index (κ3) is 3.45. The van der Waals surface area contributed by atoms with Gasteiger partial charge in [0.1, 0.15) is 11.4 Å². The number of nitrogens with one attached hydrogen (secondary N) is 1. The van der Waals surface area contributed by atoms with E-state index in [-0.39, 0.29) is 30.7 Å². The molecule has 3 N–H and O–H groups in total. The van der Waals surface area contributed by atoms with Crippen LogP contribution in [0.4, 0.5) is 0 Å². The van der Waals surface area contributed by atoms with Crippen molar-refractivity contribution in [1.82, 2.24) is 5.32 Å². The molecule has 0 saturated carbocycles. The summed E-state index contributed by atoms with van der Waals surface area (Å²) in [5, 5.41) is 22.1. The molecule has 5 nitrogen and oxygen atoms in total. The fraction of sp³-hybridized carbons (Fsp3) is 0.500. The summed E-state index contributed by atoms with van der Waals surface area (Å²) in [5.41, 5.74) is -0.150. The van der Waals surface area contributed by atoms with Crippen molar-refractivity contribution in [2.75, 3.05) is 13.2 Å². The molecule has 2 rings (SSSR count). The minimum absolute atomic E-state index is 0.154. The minimum Gasteiger partial charge on any atom is -0.508 e. The fourth-order valence-corrected chi connectivity index (χ4v) is 2.12. The molecule has 1 amide bonds. The predicted molar refractivity (Wildman–Crippen MR) is 69.8 cm³/mol. The molecule has 19 heavy (non-hydrogen) atoms. The SMILES string of the molecule is CC1OCCC1(O)CNC(=O)Cc1ccc(O)cc1. The Balaban J connectivity index is 1.83. The summed E-state index contributed by atoms with van der Waals surface area (Å²) in [7, 11) is 0. The normalized spacial score (nSPS) is 26.3. The molecule has 1 aliphatic heterocycles. The van der Waals surface area contributed by atoms with Crippen LogP contribution in [0.2, 0.25) is 0 Å². The number of rotatable bonds is 4. The number of aromatic hydroxyl groups is 1. The predicted octanol–water partition coefficient (Wildman–Crippen LogP) is 0.591. The molecule has 0 bridgehead atoms. The van der Waals surface area contributed by atoms with Crippen LogP contribution in [0, 0.1) is 0 Å². The number of hydrogen-bond acceptors (Lipinski definition) is 4. The Morgan fingerprint density at radius 1 is 1.47 bits per heavy atom. The summed E-state index contributed by atoms with van der Waals surface area (Å²) in [6.45, 7) is 2.52. The van der Waals surface area contributed by atoms with Gasteiger partial charge in [-0.1, -0.05) is 12.1 Å². The van der Waals surface area contributed by atoms with Crippen LogP contribution in [0.5, 0.6) is 5.75 Å². The van der Waals surface area contributed by atoms with Gasteiger partial charge in [-0.3, -0.25) is 4.79 Å². The molecule has 1 aromatic rings. The third-order valence-electron chi connectivity index (χ3n) is 3.55. The second kappa shape index (κ2) is 5.59. The number of benzene rings is 1. The number of aliphatic hydroxyl groups is 1. The maximum absolute atomic E-state index is 11.8. The Kier molecular flexibility index (Phi) is 4.07. The number of carbonyl (C=O) groups excluding carboxylic acids is 1. The quantitative estimate of drug-likeness (QED) is 0.744. The van der Waals surface area contributed by atoms with Gasteiger partial charge in [-0.25, -0.2) is 0 Å². The molecule has 1 saturated heterocycles. The molecule has 1 heterocycles. The van der Waals surface area contributed by atoms with Gasteiger partial charge in [-0.15, -0.1) is 0 Å². The highest BCUT2D eigenvalue weighted by Crippen LogP contribution is 2.24. The van der Waals surface area contributed by atoms with E-state index in [2.05, 4.69) is 5.32 Å². The number of hydrogen-bond donors (Lipinski definition) is 3. The molecular formula is C14H19NO4. The van der Waals surface area contributed by atoms with E-state index in [4.69, 9.17) is 9.84 Å². The average molecular weight is 265 g/mol. The van der Waals surface area contributed by atoms with Crippen LogP contribution >= 0.6 is 0 Å². The summed E-state index contributed by atoms with van der Waals surface area (Å²) in [6.07, 6.45) is 0.501. The van der Waals surface area contributed by atoms with Gasteiger partial charge in [0.25, 0.3) is 0 Å². The molecule has 1 fully saturated rings. The Morgan fingerprint density at radius 3 is 2.74 bits per heavy atom. The van der Waals surface area contributed by atoms with Crippen molar-refractivity contribution in [2.24, 2.45) is 0 Å². The van der Waals surface area contributed by atoms with Gasteiger partial charge in [-0.2, -0.15) is 0 Å². The summed E-state index contributed by atoms with van der Waals surface area (Å²) >= 11 is 0. The molecule has 1 aliphatic rings. The molecule has 104 valence electrons. The maximum Gasteiger partial charge on any atom is 0.224 e. The van der Waals surface area contributed by atoms with Crippen LogP contribution in [0.15, 0.2) is 24.3 Å². The van der Waals surface area contributed by atoms with E-state index in [0.29, 0.717) is 13.0 Å². The Hall–Kier alpha value is -1.59. The van der Waals surface area contributed by atoms with Crippen molar-refractivity contribution in [2.45, 2.75) is 31.5 Å².